The Morgan fingerprint density at radius 3 is 1.36 bits per heavy atom. The van der Waals surface area contributed by atoms with Gasteiger partial charge >= 0.3 is 53.4 Å². The molecule has 0 unspecified atom stereocenters. The Hall–Kier alpha value is -11.9. The van der Waals surface area contributed by atoms with E-state index < -0.39 is 81.6 Å². The third-order valence-corrected chi connectivity index (χ3v) is 26.0. The van der Waals surface area contributed by atoms with E-state index in [0.717, 1.165) is 0 Å². The fraction of sp³-hybridized carbons (Fsp3) is 0.602. The monoisotopic (exact) mass is 1800 g/mol. The molecule has 11 aliphatic rings. The van der Waals surface area contributed by atoms with Gasteiger partial charge in [-0.2, -0.15) is 0 Å². The first-order valence-electron chi connectivity index (χ1n) is 43.0. The van der Waals surface area contributed by atoms with Gasteiger partial charge in [0.25, 0.3) is 23.0 Å². The van der Waals surface area contributed by atoms with Gasteiger partial charge in [0.15, 0.2) is 22.7 Å². The van der Waals surface area contributed by atoms with Crippen LogP contribution in [0.5, 0.6) is 34.5 Å². The molecule has 7 N–H and O–H groups in total. The molecule has 46 nitrogen and oxygen atoms in total. The topological polar surface area (TPSA) is 503 Å². The van der Waals surface area contributed by atoms with Crippen LogP contribution >= 0.6 is 0 Å². The van der Waals surface area contributed by atoms with Gasteiger partial charge in [-0.1, -0.05) is 25.4 Å². The van der Waals surface area contributed by atoms with Crippen molar-refractivity contribution >= 4 is 82.7 Å². The highest BCUT2D eigenvalue weighted by Gasteiger charge is 2.74. The molecule has 1 aromatic carbocycles. The molecule has 0 aliphatic carbocycles. The number of amidine groups is 4. The Morgan fingerprint density at radius 1 is 0.442 bits per heavy atom. The number of ether oxygens (including phenoxy) is 10. The molecule has 15 heterocycles. The minimum atomic E-state index is -1.81. The van der Waals surface area contributed by atoms with Crippen LogP contribution in [0.2, 0.25) is 0 Å². The number of rotatable bonds is 31. The zero-order valence-corrected chi connectivity index (χ0v) is 74.2. The molecule has 2 saturated heterocycles. The number of aliphatic carboxylic acids is 6. The summed E-state index contributed by atoms with van der Waals surface area (Å²) in [5, 5.41) is 79.7. The Balaban J connectivity index is 0.719. The summed E-state index contributed by atoms with van der Waals surface area (Å²) in [6, 6.07) is 3.54. The molecule has 3 atom stereocenters. The summed E-state index contributed by atoms with van der Waals surface area (Å²) in [4.78, 5) is 130. The maximum absolute atomic E-state index is 14.0. The molecule has 5 aromatic rings. The van der Waals surface area contributed by atoms with Crippen molar-refractivity contribution in [2.75, 3.05) is 185 Å². The summed E-state index contributed by atoms with van der Waals surface area (Å²) in [5.74, 6) is -7.99. The van der Waals surface area contributed by atoms with Crippen molar-refractivity contribution in [3.8, 4) is 34.5 Å². The number of carbonyl (C=O) groups is 8. The number of aryl methyl sites for hydroxylation is 1. The van der Waals surface area contributed by atoms with Crippen molar-refractivity contribution in [3.63, 3.8) is 0 Å². The average molecular weight is 1800 g/mol. The Bertz CT molecular complexity index is 5620. The van der Waals surface area contributed by atoms with Gasteiger partial charge in [-0.15, -0.1) is 19.3 Å². The van der Waals surface area contributed by atoms with Crippen LogP contribution in [0.15, 0.2) is 51.0 Å². The van der Waals surface area contributed by atoms with Crippen molar-refractivity contribution in [1.29, 1.82) is 0 Å². The summed E-state index contributed by atoms with van der Waals surface area (Å²) in [7, 11) is 3.08. The lowest BCUT2D eigenvalue weighted by Gasteiger charge is -2.45. The number of Topliss-reactive ketones (excluding diaryl/α,β-unsaturated/α-hetero) is 1. The van der Waals surface area contributed by atoms with Crippen LogP contribution in [0.4, 0.5) is 5.82 Å². The van der Waals surface area contributed by atoms with Crippen molar-refractivity contribution in [2.45, 2.75) is 142 Å². The van der Waals surface area contributed by atoms with Crippen LogP contribution in [0, 0.1) is 0 Å². The lowest BCUT2D eigenvalue weighted by atomic mass is 9.88. The predicted molar refractivity (Wildman–Crippen MR) is 449 cm³/mol. The molecular weight excluding hydrogens is 1690 g/mol. The number of nitrogens with zero attached hydrogens (tertiary/aromatic N) is 21. The van der Waals surface area contributed by atoms with Gasteiger partial charge < -0.3 is 83.3 Å². The average Bonchev–Trinajstić information content (AvgIpc) is 1.46. The second-order valence-corrected chi connectivity index (χ2v) is 35.9. The molecular formula is C83H110N22O24+2. The van der Waals surface area contributed by atoms with Crippen molar-refractivity contribution in [2.24, 2.45) is 15.0 Å². The summed E-state index contributed by atoms with van der Waals surface area (Å²) >= 11 is 0. The zero-order valence-electron chi connectivity index (χ0n) is 74.2. The van der Waals surface area contributed by atoms with E-state index in [4.69, 9.17) is 62.3 Å². The predicted octanol–water partition coefficient (Wildman–Crippen LogP) is -2.07. The molecule has 46 heteroatoms. The number of aliphatic imine (C=N–C) groups is 2. The van der Waals surface area contributed by atoms with Crippen LogP contribution in [-0.4, -0.2) is 407 Å². The number of ketones is 1. The van der Waals surface area contributed by atoms with Gasteiger partial charge in [-0.25, -0.2) is 18.5 Å². The molecule has 1 amide bonds. The number of fused-ring (bicyclic) bond motifs is 11. The molecule has 694 valence electrons. The maximum atomic E-state index is 14.0. The van der Waals surface area contributed by atoms with E-state index in [1.54, 1.807) is 84.2 Å². The first kappa shape index (κ1) is 90.5. The van der Waals surface area contributed by atoms with E-state index in [-0.39, 0.29) is 255 Å². The Labute approximate surface area is 739 Å². The number of methoxy groups -OCH3 is 2. The number of aromatic nitrogens is 8. The van der Waals surface area contributed by atoms with E-state index in [2.05, 4.69) is 25.9 Å². The van der Waals surface area contributed by atoms with Crippen LogP contribution < -0.4 is 44.6 Å². The molecule has 1 spiro atoms. The highest BCUT2D eigenvalue weighted by Crippen LogP contribution is 2.60. The summed E-state index contributed by atoms with van der Waals surface area (Å²) < 4.78 is 81.1. The SMILES string of the molecule is CO[C@]1(C)OC2=C(OC1(C)C)C1=[N+]3C2=NC2=[N+]4C(=Nc5c6c(c7n5[C@@]34n3c(c4c(c3=N1)OC(C)(C)C(C)(C)O4)=C7)OC(C)(C)[C@](C)(OC)O6)c1c(OCCn3cc(CCC(=O)CN4CCN(CC(=O)O)CCN(CC(=O)O)CCN(CC(=O)O)CC4)nn3)ccc(OCCn3cc(CNC(=O)CN4CCN(CC(=O)O)CCN(CC(=O)O)CCN(CC(=O)O)CC4)nn3)c12. The van der Waals surface area contributed by atoms with Gasteiger partial charge in [0.05, 0.1) is 83.9 Å². The van der Waals surface area contributed by atoms with E-state index in [1.807, 2.05) is 89.6 Å². The van der Waals surface area contributed by atoms with E-state index in [1.165, 1.54) is 7.11 Å². The number of amides is 1. The van der Waals surface area contributed by atoms with E-state index in [0.29, 0.717) is 67.8 Å². The van der Waals surface area contributed by atoms with Gasteiger partial charge in [0.1, 0.15) is 69.6 Å². The van der Waals surface area contributed by atoms with Gasteiger partial charge in [0, 0.05) is 152 Å². The van der Waals surface area contributed by atoms with Gasteiger partial charge in [-0.05, 0) is 73.6 Å². The number of carboxylic acids is 6. The van der Waals surface area contributed by atoms with Crippen molar-refractivity contribution < 1.29 is 126 Å². The van der Waals surface area contributed by atoms with Crippen LogP contribution in [0.1, 0.15) is 104 Å². The molecule has 0 radical (unpaired) electrons. The molecule has 11 aliphatic heterocycles. The minimum absolute atomic E-state index is 0.0211. The van der Waals surface area contributed by atoms with Gasteiger partial charge in [0.2, 0.25) is 40.5 Å². The number of hydrogen-bond donors (Lipinski definition) is 7. The first-order chi connectivity index (χ1) is 61.2. The second-order valence-electron chi connectivity index (χ2n) is 35.9. The highest BCUT2D eigenvalue weighted by molar-refractivity contribution is 6.24. The number of nitrogens with one attached hydrogen (secondary N) is 1. The van der Waals surface area contributed by atoms with Crippen LogP contribution in [-0.2, 0) is 89.3 Å². The van der Waals surface area contributed by atoms with Crippen molar-refractivity contribution in [1.82, 2.24) is 83.6 Å². The number of carboxylic acid groups (broad SMARTS) is 6. The quantitative estimate of drug-likeness (QED) is 0.0234. The number of hydrogen-bond acceptors (Lipinski definition) is 33. The zero-order chi connectivity index (χ0) is 91.9. The van der Waals surface area contributed by atoms with Crippen LogP contribution in [0.3, 0.4) is 0 Å². The fourth-order valence-electron chi connectivity index (χ4n) is 17.7. The summed E-state index contributed by atoms with van der Waals surface area (Å²) in [5.41, 5.74) is -1.69. The molecule has 2 fully saturated rings. The molecule has 129 heavy (non-hydrogen) atoms. The van der Waals surface area contributed by atoms with E-state index in [9.17, 15) is 69.0 Å². The summed E-state index contributed by atoms with van der Waals surface area (Å²) in [6.45, 7) is 20.7. The van der Waals surface area contributed by atoms with Crippen molar-refractivity contribution in [3.05, 3.63) is 75.1 Å². The lowest BCUT2D eigenvalue weighted by Crippen LogP contribution is -2.72. The van der Waals surface area contributed by atoms with Gasteiger partial charge in [-0.3, -0.25) is 77.6 Å². The Kier molecular flexibility index (Phi) is 24.4. The first-order valence-corrected chi connectivity index (χ1v) is 43.0. The van der Waals surface area contributed by atoms with Crippen LogP contribution in [0.25, 0.3) is 6.08 Å². The molecule has 16 rings (SSSR count). The summed E-state index contributed by atoms with van der Waals surface area (Å²) in [6.07, 6.45) is 5.62. The largest absolute Gasteiger partial charge is 0.491 e. The Morgan fingerprint density at radius 2 is 0.868 bits per heavy atom. The normalized spacial score (nSPS) is 23.6. The smallest absolute Gasteiger partial charge is 0.400 e. The highest BCUT2D eigenvalue weighted by atomic mass is 16.7. The molecule has 0 saturated carbocycles. The number of carbonyl (C=O) groups excluding carboxylic acids is 2. The second kappa shape index (κ2) is 34.8. The fourth-order valence-corrected chi connectivity index (χ4v) is 17.7. The van der Waals surface area contributed by atoms with E-state index >= 15 is 0 Å². The molecule has 0 bridgehead atoms. The lowest BCUT2D eigenvalue weighted by molar-refractivity contribution is -0.792. The maximum Gasteiger partial charge on any atom is 0.400 e. The minimum Gasteiger partial charge on any atom is -0.491 e. The standard InChI is InChI=1S/C83H108N22O24/c1-77(2)78(3,4)126-67-65(124-77)52-37-53-66-68(128-81(9,120-11)79(5,6)125-66)74-85-71-63-54(122-35-33-100-39-49(88-90-100)13-14-51(106)41-92-17-21-94(43-57(108)109)25-29-98(47-61(116)117)30-26-95(22-18-92)44-58(110)111)15-16-55(64(63)72-86-76-70-69(127-80(7,8)82(10,121-12)129-70)75-87-73(67)102(52)83(103(53)74,104(71)72)105(75)76)123-36-34-101-40-50(89-91-101)38-84-56(107)42-93-19-23-96(45-59(112)113)27-31-99(48-62(118)119)32-28-97(24-20-93)46-60(114)115/h15-16,37,39-40H,13-14,17-36,38,41-48H2,1-12H3,(H5-2,84,107,108,109,110,111,112,113,114,115,116,117,118,119)/p+2/t81-,82-,83-/m1/s1. The molecule has 4 aromatic heterocycles. The third-order valence-electron chi connectivity index (χ3n) is 26.0. The number of benzene rings is 1. The third kappa shape index (κ3) is 17.2.